The molecule has 11 N–H and O–H groups in total. The average Bonchev–Trinajstić information content (AvgIpc) is 2.70. The number of carboxylic acid groups (broad SMARTS) is 1. The highest BCUT2D eigenvalue weighted by Gasteiger charge is 2.54. The molecule has 0 saturated carbocycles. The maximum absolute atomic E-state index is 11.9. The van der Waals surface area contributed by atoms with Gasteiger partial charge in [-0.15, -0.1) is 0 Å². The predicted octanol–water partition coefficient (Wildman–Crippen LogP) is -5.59. The number of carbonyl (C=O) groups is 1. The van der Waals surface area contributed by atoms with E-state index in [-0.39, 0.29) is 0 Å². The van der Waals surface area contributed by atoms with Crippen molar-refractivity contribution in [3.05, 3.63) is 0 Å². The van der Waals surface area contributed by atoms with Crippen molar-refractivity contribution in [1.82, 2.24) is 0 Å². The van der Waals surface area contributed by atoms with Gasteiger partial charge in [0.15, 0.2) is 6.29 Å². The minimum atomic E-state index is -2.59. The van der Waals surface area contributed by atoms with E-state index in [1.807, 2.05) is 0 Å². The van der Waals surface area contributed by atoms with Crippen LogP contribution in [0.2, 0.25) is 0 Å². The van der Waals surface area contributed by atoms with Gasteiger partial charge in [-0.25, -0.2) is 4.79 Å². The summed E-state index contributed by atoms with van der Waals surface area (Å²) in [5.74, 6) is -4.32. The molecule has 10 atom stereocenters. The highest BCUT2D eigenvalue weighted by Crippen LogP contribution is 2.33. The molecule has 1 aliphatic heterocycles. The van der Waals surface area contributed by atoms with E-state index in [0.29, 0.717) is 0 Å². The highest BCUT2D eigenvalue weighted by atomic mass is 16.7. The third kappa shape index (κ3) is 6.49. The molecule has 0 amide bonds. The number of hydrogen-bond acceptors (Lipinski definition) is 13. The summed E-state index contributed by atoms with van der Waals surface area (Å²) in [6, 6.07) is -1.33. The second kappa shape index (κ2) is 11.6. The Morgan fingerprint density at radius 3 is 2.20 bits per heavy atom. The topological polar surface area (TPSA) is 253 Å². The Hall–Kier alpha value is -1.01. The van der Waals surface area contributed by atoms with Crippen molar-refractivity contribution < 1.29 is 65.0 Å². The van der Waals surface area contributed by atoms with Crippen LogP contribution in [-0.4, -0.2) is 133 Å². The molecule has 0 aromatic carbocycles. The largest absolute Gasteiger partial charge is 0.477 e. The Kier molecular flexibility index (Phi) is 10.4. The summed E-state index contributed by atoms with van der Waals surface area (Å²) in [5, 5.41) is 86.1. The predicted molar refractivity (Wildman–Crippen MR) is 94.5 cm³/mol. The lowest BCUT2D eigenvalue weighted by Crippen LogP contribution is -2.66. The number of ether oxygens (including phenoxy) is 3. The Morgan fingerprint density at radius 1 is 1.17 bits per heavy atom. The van der Waals surface area contributed by atoms with Gasteiger partial charge in [-0.3, -0.25) is 0 Å². The van der Waals surface area contributed by atoms with E-state index in [1.54, 1.807) is 0 Å². The smallest absolute Gasteiger partial charge is 0.364 e. The molecular formula is C16H31NO13. The van der Waals surface area contributed by atoms with Crippen LogP contribution < -0.4 is 5.73 Å². The lowest BCUT2D eigenvalue weighted by atomic mass is 9.89. The maximum atomic E-state index is 11.9. The molecule has 0 aromatic rings. The van der Waals surface area contributed by atoms with Crippen LogP contribution in [0.15, 0.2) is 0 Å². The summed E-state index contributed by atoms with van der Waals surface area (Å²) < 4.78 is 15.5. The van der Waals surface area contributed by atoms with E-state index in [1.165, 1.54) is 6.92 Å². The molecule has 0 aliphatic carbocycles. The van der Waals surface area contributed by atoms with Crippen molar-refractivity contribution in [1.29, 1.82) is 0 Å². The van der Waals surface area contributed by atoms with Crippen LogP contribution in [0.25, 0.3) is 0 Å². The van der Waals surface area contributed by atoms with E-state index in [0.717, 1.165) is 0 Å². The standard InChI is InChI=1S/C16H31NO13/c1-6(20)10(29-14(25)9(23)4-19)5-28-16(15(26)27)2-7(21)11(17)13(30-16)12(24)8(22)3-18/h6-14,18-25H,2-5,17H2,1H3,(H,26,27)/t6-,7+,8+,9-,10?,11+,12+,13?,14+,16+/m0/s1. The van der Waals surface area contributed by atoms with Gasteiger partial charge in [0, 0.05) is 6.42 Å². The zero-order valence-corrected chi connectivity index (χ0v) is 16.3. The first kappa shape index (κ1) is 27.0. The molecule has 1 fully saturated rings. The van der Waals surface area contributed by atoms with E-state index < -0.39 is 93.1 Å². The minimum Gasteiger partial charge on any atom is -0.477 e. The second-order valence-corrected chi connectivity index (χ2v) is 7.10. The van der Waals surface area contributed by atoms with Gasteiger partial charge in [0.25, 0.3) is 5.79 Å². The fraction of sp³-hybridized carbons (Fsp3) is 0.938. The van der Waals surface area contributed by atoms with Crippen LogP contribution in [0.3, 0.4) is 0 Å². The van der Waals surface area contributed by atoms with Crippen LogP contribution in [-0.2, 0) is 19.0 Å². The van der Waals surface area contributed by atoms with Crippen molar-refractivity contribution >= 4 is 5.97 Å². The Balaban J connectivity index is 3.03. The normalized spacial score (nSPS) is 33.3. The van der Waals surface area contributed by atoms with Crippen LogP contribution in [0.5, 0.6) is 0 Å². The van der Waals surface area contributed by atoms with E-state index in [9.17, 15) is 40.5 Å². The lowest BCUT2D eigenvalue weighted by Gasteiger charge is -2.45. The number of aliphatic hydroxyl groups excluding tert-OH is 8. The number of carboxylic acids is 1. The number of rotatable bonds is 12. The summed E-state index contributed by atoms with van der Waals surface area (Å²) in [4.78, 5) is 11.9. The number of aliphatic hydroxyl groups is 8. The summed E-state index contributed by atoms with van der Waals surface area (Å²) in [7, 11) is 0. The van der Waals surface area contributed by atoms with Crippen molar-refractivity contribution in [2.45, 2.75) is 74.2 Å². The lowest BCUT2D eigenvalue weighted by molar-refractivity contribution is -0.320. The molecule has 0 aromatic heterocycles. The van der Waals surface area contributed by atoms with Crippen molar-refractivity contribution in [3.63, 3.8) is 0 Å². The second-order valence-electron chi connectivity index (χ2n) is 7.10. The fourth-order valence-corrected chi connectivity index (χ4v) is 2.76. The Bertz CT molecular complexity index is 537. The van der Waals surface area contributed by atoms with E-state index >= 15 is 0 Å². The van der Waals surface area contributed by atoms with Gasteiger partial charge in [0.1, 0.15) is 30.5 Å². The maximum Gasteiger partial charge on any atom is 0.364 e. The molecule has 1 aliphatic rings. The summed E-state index contributed by atoms with van der Waals surface area (Å²) in [5.41, 5.74) is 5.73. The van der Waals surface area contributed by atoms with Crippen LogP contribution >= 0.6 is 0 Å². The molecule has 0 radical (unpaired) electrons. The van der Waals surface area contributed by atoms with Crippen molar-refractivity contribution in [3.8, 4) is 0 Å². The first-order valence-corrected chi connectivity index (χ1v) is 9.16. The Morgan fingerprint density at radius 2 is 1.73 bits per heavy atom. The monoisotopic (exact) mass is 445 g/mol. The fourth-order valence-electron chi connectivity index (χ4n) is 2.76. The van der Waals surface area contributed by atoms with Gasteiger partial charge in [-0.2, -0.15) is 0 Å². The first-order chi connectivity index (χ1) is 13.9. The highest BCUT2D eigenvalue weighted by molar-refractivity contribution is 5.76. The van der Waals surface area contributed by atoms with Crippen LogP contribution in [0.1, 0.15) is 13.3 Å². The number of aliphatic carboxylic acids is 1. The van der Waals surface area contributed by atoms with Crippen molar-refractivity contribution in [2.24, 2.45) is 5.73 Å². The zero-order valence-electron chi connectivity index (χ0n) is 16.3. The molecule has 0 bridgehead atoms. The zero-order chi connectivity index (χ0) is 23.2. The van der Waals surface area contributed by atoms with Crippen molar-refractivity contribution in [2.75, 3.05) is 19.8 Å². The van der Waals surface area contributed by atoms with Gasteiger partial charge >= 0.3 is 5.97 Å². The van der Waals surface area contributed by atoms with Gasteiger partial charge < -0.3 is 65.9 Å². The van der Waals surface area contributed by atoms with Crippen LogP contribution in [0, 0.1) is 0 Å². The van der Waals surface area contributed by atoms with Gasteiger partial charge in [-0.05, 0) is 6.92 Å². The van der Waals surface area contributed by atoms with E-state index in [4.69, 9.17) is 30.2 Å². The summed E-state index contributed by atoms with van der Waals surface area (Å²) in [6.07, 6.45) is -13.9. The molecular weight excluding hydrogens is 414 g/mol. The van der Waals surface area contributed by atoms with Gasteiger partial charge in [0.05, 0.1) is 38.1 Å². The third-order valence-corrected chi connectivity index (χ3v) is 4.72. The SMILES string of the molecule is C[C@H](O)C(CO[C@]1(C(=O)O)C[C@@H](O)[C@@H](N)C([C@H](O)[C@H](O)CO)O1)O[C@@H](O)[C@@H](O)CO. The molecule has 0 spiro atoms. The molecule has 30 heavy (non-hydrogen) atoms. The molecule has 14 nitrogen and oxygen atoms in total. The van der Waals surface area contributed by atoms with Gasteiger partial charge in [0.2, 0.25) is 0 Å². The molecule has 1 heterocycles. The minimum absolute atomic E-state index is 0.698. The molecule has 1 rings (SSSR count). The molecule has 178 valence electrons. The van der Waals surface area contributed by atoms with Crippen LogP contribution in [0.4, 0.5) is 0 Å². The Labute approximate surface area is 171 Å². The average molecular weight is 445 g/mol. The number of hydrogen-bond donors (Lipinski definition) is 10. The van der Waals surface area contributed by atoms with Gasteiger partial charge in [-0.1, -0.05) is 0 Å². The van der Waals surface area contributed by atoms with E-state index in [2.05, 4.69) is 0 Å². The summed E-state index contributed by atoms with van der Waals surface area (Å²) >= 11 is 0. The summed E-state index contributed by atoms with van der Waals surface area (Å²) in [6.45, 7) is -1.26. The third-order valence-electron chi connectivity index (χ3n) is 4.72. The molecule has 2 unspecified atom stereocenters. The molecule has 1 saturated heterocycles. The first-order valence-electron chi connectivity index (χ1n) is 9.16. The molecule has 14 heteroatoms. The number of nitrogens with two attached hydrogens (primary N) is 1. The quantitative estimate of drug-likeness (QED) is 0.126.